The van der Waals surface area contributed by atoms with Gasteiger partial charge in [-0.15, -0.1) is 0 Å². The van der Waals surface area contributed by atoms with Crippen LogP contribution in [0.5, 0.6) is 0 Å². The van der Waals surface area contributed by atoms with Gasteiger partial charge in [0, 0.05) is 26.1 Å². The molecule has 3 rings (SSSR count). The molecule has 5 nitrogen and oxygen atoms in total. The third kappa shape index (κ3) is 3.52. The molecular formula is C16H19F3N2O3S. The van der Waals surface area contributed by atoms with Gasteiger partial charge in [0.25, 0.3) is 0 Å². The Morgan fingerprint density at radius 2 is 1.76 bits per heavy atom. The van der Waals surface area contributed by atoms with Crippen molar-refractivity contribution >= 4 is 15.9 Å². The van der Waals surface area contributed by atoms with Gasteiger partial charge in [0.15, 0.2) is 11.6 Å². The van der Waals surface area contributed by atoms with Crippen LogP contribution in [0.4, 0.5) is 13.2 Å². The second kappa shape index (κ2) is 6.95. The number of piperidine rings is 1. The molecule has 0 radical (unpaired) electrons. The first kappa shape index (κ1) is 18.2. The summed E-state index contributed by atoms with van der Waals surface area (Å²) in [7, 11) is -4.30. The minimum Gasteiger partial charge on any atom is -0.341 e. The molecule has 2 atom stereocenters. The molecule has 0 spiro atoms. The smallest absolute Gasteiger partial charge is 0.244 e. The Balaban J connectivity index is 1.89. The summed E-state index contributed by atoms with van der Waals surface area (Å²) in [5.41, 5.74) is 0. The molecule has 0 unspecified atom stereocenters. The molecule has 2 aliphatic heterocycles. The van der Waals surface area contributed by atoms with E-state index >= 15 is 0 Å². The zero-order valence-corrected chi connectivity index (χ0v) is 14.3. The van der Waals surface area contributed by atoms with Gasteiger partial charge in [-0.1, -0.05) is 0 Å². The lowest BCUT2D eigenvalue weighted by molar-refractivity contribution is -0.135. The predicted molar refractivity (Wildman–Crippen MR) is 84.0 cm³/mol. The zero-order chi connectivity index (χ0) is 18.2. The molecule has 2 aliphatic rings. The van der Waals surface area contributed by atoms with Crippen molar-refractivity contribution < 1.29 is 26.4 Å². The lowest BCUT2D eigenvalue weighted by atomic mass is 10.1. The van der Waals surface area contributed by atoms with E-state index in [9.17, 15) is 26.4 Å². The Hall–Kier alpha value is -1.61. The summed E-state index contributed by atoms with van der Waals surface area (Å²) in [6.45, 7) is 0.572. The van der Waals surface area contributed by atoms with Gasteiger partial charge in [-0.3, -0.25) is 4.79 Å². The molecule has 0 aromatic heterocycles. The Labute approximate surface area is 144 Å². The molecule has 25 heavy (non-hydrogen) atoms. The molecule has 2 heterocycles. The molecule has 1 amide bonds. The van der Waals surface area contributed by atoms with Gasteiger partial charge < -0.3 is 4.90 Å². The molecule has 0 aliphatic carbocycles. The predicted octanol–water partition coefficient (Wildman–Crippen LogP) is 2.08. The number of halogens is 3. The van der Waals surface area contributed by atoms with Crippen molar-refractivity contribution in [3.8, 4) is 0 Å². The lowest BCUT2D eigenvalue weighted by Crippen LogP contribution is -2.49. The highest BCUT2D eigenvalue weighted by Gasteiger charge is 2.45. The van der Waals surface area contributed by atoms with Gasteiger partial charge >= 0.3 is 0 Å². The molecule has 138 valence electrons. The van der Waals surface area contributed by atoms with Gasteiger partial charge in [-0.05, 0) is 37.5 Å². The van der Waals surface area contributed by atoms with Crippen molar-refractivity contribution in [1.82, 2.24) is 9.21 Å². The minimum atomic E-state index is -4.30. The molecule has 1 aromatic rings. The van der Waals surface area contributed by atoms with Gasteiger partial charge in [0.2, 0.25) is 15.9 Å². The SMILES string of the molecule is O=C([C@@H]1C[C@H](F)CN1S(=O)(=O)c1ccc(F)c(F)c1)N1CCCCC1. The monoisotopic (exact) mass is 376 g/mol. The molecular weight excluding hydrogens is 357 g/mol. The number of alkyl halides is 1. The molecule has 9 heteroatoms. The van der Waals surface area contributed by atoms with Gasteiger partial charge in [0.1, 0.15) is 12.2 Å². The maximum atomic E-state index is 13.9. The van der Waals surface area contributed by atoms with Crippen LogP contribution in [0.25, 0.3) is 0 Å². The quantitative estimate of drug-likeness (QED) is 0.812. The maximum Gasteiger partial charge on any atom is 0.244 e. The van der Waals surface area contributed by atoms with E-state index in [4.69, 9.17) is 0 Å². The lowest BCUT2D eigenvalue weighted by Gasteiger charge is -2.32. The Kier molecular flexibility index (Phi) is 5.06. The number of hydrogen-bond donors (Lipinski definition) is 0. The Bertz CT molecular complexity index is 766. The van der Waals surface area contributed by atoms with Crippen molar-refractivity contribution in [2.45, 2.75) is 42.8 Å². The highest BCUT2D eigenvalue weighted by atomic mass is 32.2. The molecule has 2 fully saturated rings. The summed E-state index contributed by atoms with van der Waals surface area (Å²) in [6, 6.07) is 1.03. The molecule has 0 saturated carbocycles. The first-order valence-electron chi connectivity index (χ1n) is 8.20. The number of hydrogen-bond acceptors (Lipinski definition) is 3. The first-order chi connectivity index (χ1) is 11.8. The summed E-state index contributed by atoms with van der Waals surface area (Å²) >= 11 is 0. The normalized spacial score (nSPS) is 25.3. The summed E-state index contributed by atoms with van der Waals surface area (Å²) < 4.78 is 66.7. The van der Waals surface area contributed by atoms with Gasteiger partial charge in [0.05, 0.1) is 4.90 Å². The Morgan fingerprint density at radius 1 is 1.08 bits per heavy atom. The van der Waals surface area contributed by atoms with Crippen LogP contribution in [0.3, 0.4) is 0 Å². The van der Waals surface area contributed by atoms with Crippen molar-refractivity contribution in [2.75, 3.05) is 19.6 Å². The van der Waals surface area contributed by atoms with E-state index in [1.54, 1.807) is 4.90 Å². The topological polar surface area (TPSA) is 57.7 Å². The first-order valence-corrected chi connectivity index (χ1v) is 9.64. The Morgan fingerprint density at radius 3 is 2.40 bits per heavy atom. The fourth-order valence-electron chi connectivity index (χ4n) is 3.34. The standard InChI is InChI=1S/C16H19F3N2O3S/c17-11-8-15(16(22)20-6-2-1-3-7-20)21(10-11)25(23,24)12-4-5-13(18)14(19)9-12/h4-5,9,11,15H,1-3,6-8,10H2/t11-,15-/m0/s1. The van der Waals surface area contributed by atoms with E-state index in [0.717, 1.165) is 29.6 Å². The van der Waals surface area contributed by atoms with E-state index in [-0.39, 0.29) is 6.42 Å². The van der Waals surface area contributed by atoms with Crippen LogP contribution in [0.15, 0.2) is 23.1 Å². The highest BCUT2D eigenvalue weighted by molar-refractivity contribution is 7.89. The number of rotatable bonds is 3. The second-order valence-electron chi connectivity index (χ2n) is 6.39. The summed E-state index contributed by atoms with van der Waals surface area (Å²) in [5, 5.41) is 0. The average molecular weight is 376 g/mol. The molecule has 0 bridgehead atoms. The van der Waals surface area contributed by atoms with E-state index < -0.39 is 51.2 Å². The van der Waals surface area contributed by atoms with Crippen LogP contribution < -0.4 is 0 Å². The second-order valence-corrected chi connectivity index (χ2v) is 8.28. The van der Waals surface area contributed by atoms with Crippen molar-refractivity contribution in [1.29, 1.82) is 0 Å². The summed E-state index contributed by atoms with van der Waals surface area (Å²) in [5.74, 6) is -2.91. The van der Waals surface area contributed by atoms with Crippen molar-refractivity contribution in [3.05, 3.63) is 29.8 Å². The number of carbonyl (C=O) groups excluding carboxylic acids is 1. The largest absolute Gasteiger partial charge is 0.341 e. The van der Waals surface area contributed by atoms with Gasteiger partial charge in [-0.2, -0.15) is 4.31 Å². The number of amides is 1. The minimum absolute atomic E-state index is 0.224. The summed E-state index contributed by atoms with van der Waals surface area (Å²) in [6.07, 6.45) is 0.953. The van der Waals surface area contributed by atoms with E-state index in [2.05, 4.69) is 0 Å². The maximum absolute atomic E-state index is 13.9. The van der Waals surface area contributed by atoms with Crippen LogP contribution in [0, 0.1) is 11.6 Å². The van der Waals surface area contributed by atoms with Crippen molar-refractivity contribution in [3.63, 3.8) is 0 Å². The molecule has 1 aromatic carbocycles. The van der Waals surface area contributed by atoms with E-state index in [1.807, 2.05) is 0 Å². The third-order valence-electron chi connectivity index (χ3n) is 4.66. The highest BCUT2D eigenvalue weighted by Crippen LogP contribution is 2.30. The fourth-order valence-corrected chi connectivity index (χ4v) is 4.98. The van der Waals surface area contributed by atoms with E-state index in [0.29, 0.717) is 25.2 Å². The average Bonchev–Trinajstić information content (AvgIpc) is 3.00. The van der Waals surface area contributed by atoms with Crippen LogP contribution >= 0.6 is 0 Å². The van der Waals surface area contributed by atoms with Crippen LogP contribution in [0.2, 0.25) is 0 Å². The van der Waals surface area contributed by atoms with Crippen molar-refractivity contribution in [2.24, 2.45) is 0 Å². The summed E-state index contributed by atoms with van der Waals surface area (Å²) in [4.78, 5) is 13.7. The van der Waals surface area contributed by atoms with E-state index in [1.165, 1.54) is 0 Å². The number of carbonyl (C=O) groups is 1. The fraction of sp³-hybridized carbons (Fsp3) is 0.562. The number of likely N-dealkylation sites (tertiary alicyclic amines) is 1. The van der Waals surface area contributed by atoms with Crippen LogP contribution in [-0.4, -0.2) is 55.4 Å². The number of sulfonamides is 1. The zero-order valence-electron chi connectivity index (χ0n) is 13.5. The number of nitrogens with zero attached hydrogens (tertiary/aromatic N) is 2. The molecule has 0 N–H and O–H groups in total. The third-order valence-corrected chi connectivity index (χ3v) is 6.53. The van der Waals surface area contributed by atoms with Gasteiger partial charge in [-0.25, -0.2) is 21.6 Å². The number of benzene rings is 1. The van der Waals surface area contributed by atoms with Crippen LogP contribution in [0.1, 0.15) is 25.7 Å². The molecule has 2 saturated heterocycles. The van der Waals surface area contributed by atoms with Crippen LogP contribution in [-0.2, 0) is 14.8 Å².